The van der Waals surface area contributed by atoms with E-state index in [1.54, 1.807) is 0 Å². The second kappa shape index (κ2) is 7.02. The molecule has 112 valence electrons. The van der Waals surface area contributed by atoms with E-state index in [1.807, 2.05) is 0 Å². The van der Waals surface area contributed by atoms with Gasteiger partial charge in [-0.3, -0.25) is 9.80 Å². The molecule has 0 radical (unpaired) electrons. The molecule has 2 N–H and O–H groups in total. The number of hydrogen-bond donors (Lipinski definition) is 2. The molecule has 2 rings (SSSR count). The van der Waals surface area contributed by atoms with Crippen LogP contribution in [0, 0.1) is 0 Å². The Bertz CT molecular complexity index is 272. The van der Waals surface area contributed by atoms with Crippen LogP contribution in [0.3, 0.4) is 0 Å². The molecule has 19 heavy (non-hydrogen) atoms. The van der Waals surface area contributed by atoms with Crippen molar-refractivity contribution in [2.75, 3.05) is 32.8 Å². The van der Waals surface area contributed by atoms with E-state index in [0.29, 0.717) is 12.1 Å². The van der Waals surface area contributed by atoms with E-state index in [-0.39, 0.29) is 12.6 Å². The summed E-state index contributed by atoms with van der Waals surface area (Å²) in [4.78, 5) is 5.29. The zero-order valence-corrected chi connectivity index (χ0v) is 12.8. The van der Waals surface area contributed by atoms with Gasteiger partial charge in [-0.05, 0) is 32.7 Å². The van der Waals surface area contributed by atoms with E-state index in [2.05, 4.69) is 35.9 Å². The van der Waals surface area contributed by atoms with Crippen LogP contribution in [0.2, 0.25) is 0 Å². The maximum absolute atomic E-state index is 9.43. The minimum absolute atomic E-state index is 0.244. The van der Waals surface area contributed by atoms with Crippen molar-refractivity contribution in [3.05, 3.63) is 0 Å². The Hall–Kier alpha value is -0.160. The highest BCUT2D eigenvalue weighted by molar-refractivity contribution is 4.90. The lowest BCUT2D eigenvalue weighted by Crippen LogP contribution is -2.55. The Morgan fingerprint density at radius 2 is 2.11 bits per heavy atom. The Labute approximate surface area is 118 Å². The van der Waals surface area contributed by atoms with E-state index in [4.69, 9.17) is 0 Å². The largest absolute Gasteiger partial charge is 0.395 e. The minimum Gasteiger partial charge on any atom is -0.395 e. The predicted molar refractivity (Wildman–Crippen MR) is 79.4 cm³/mol. The molecule has 0 aromatic rings. The number of aliphatic hydroxyl groups is 1. The summed E-state index contributed by atoms with van der Waals surface area (Å²) in [6.07, 6.45) is 3.79. The molecule has 2 saturated heterocycles. The molecule has 0 amide bonds. The second-order valence-corrected chi connectivity index (χ2v) is 6.62. The topological polar surface area (TPSA) is 38.7 Å². The Morgan fingerprint density at radius 3 is 2.79 bits per heavy atom. The van der Waals surface area contributed by atoms with E-state index < -0.39 is 0 Å². The quantitative estimate of drug-likeness (QED) is 0.752. The first kappa shape index (κ1) is 15.2. The Kier molecular flexibility index (Phi) is 5.63. The number of rotatable bonds is 6. The third-order valence-corrected chi connectivity index (χ3v) is 4.62. The number of nitrogens with zero attached hydrogens (tertiary/aromatic N) is 2. The number of hydrogen-bond acceptors (Lipinski definition) is 4. The van der Waals surface area contributed by atoms with Gasteiger partial charge in [-0.1, -0.05) is 13.8 Å². The molecular formula is C15H31N3O. The molecule has 0 spiro atoms. The summed E-state index contributed by atoms with van der Waals surface area (Å²) in [6, 6.07) is 2.14. The van der Waals surface area contributed by atoms with Crippen molar-refractivity contribution in [3.8, 4) is 0 Å². The molecule has 2 heterocycles. The molecule has 4 nitrogen and oxygen atoms in total. The molecule has 0 aromatic heterocycles. The van der Waals surface area contributed by atoms with Crippen LogP contribution in [0.15, 0.2) is 0 Å². The molecule has 0 aromatic carbocycles. The van der Waals surface area contributed by atoms with Gasteiger partial charge in [0.05, 0.1) is 6.61 Å². The van der Waals surface area contributed by atoms with Crippen molar-refractivity contribution >= 4 is 0 Å². The number of fused-ring (bicyclic) bond motifs is 1. The number of piperazine rings is 1. The van der Waals surface area contributed by atoms with Crippen molar-refractivity contribution in [1.82, 2.24) is 15.1 Å². The minimum atomic E-state index is 0.244. The molecule has 0 bridgehead atoms. The number of nitrogens with one attached hydrogen (secondary N) is 1. The van der Waals surface area contributed by atoms with Crippen LogP contribution < -0.4 is 5.32 Å². The monoisotopic (exact) mass is 269 g/mol. The molecule has 2 aliphatic heterocycles. The van der Waals surface area contributed by atoms with Crippen LogP contribution in [-0.2, 0) is 0 Å². The van der Waals surface area contributed by atoms with Gasteiger partial charge in [-0.15, -0.1) is 0 Å². The zero-order chi connectivity index (χ0) is 13.8. The first-order valence-electron chi connectivity index (χ1n) is 7.95. The molecule has 4 heteroatoms. The van der Waals surface area contributed by atoms with Crippen LogP contribution >= 0.6 is 0 Å². The van der Waals surface area contributed by atoms with Crippen molar-refractivity contribution in [2.24, 2.45) is 0 Å². The fourth-order valence-corrected chi connectivity index (χ4v) is 3.58. The first-order valence-corrected chi connectivity index (χ1v) is 7.95. The molecule has 0 saturated carbocycles. The summed E-state index contributed by atoms with van der Waals surface area (Å²) >= 11 is 0. The van der Waals surface area contributed by atoms with Gasteiger partial charge in [0.1, 0.15) is 0 Å². The molecular weight excluding hydrogens is 238 g/mol. The van der Waals surface area contributed by atoms with Gasteiger partial charge in [-0.2, -0.15) is 0 Å². The summed E-state index contributed by atoms with van der Waals surface area (Å²) < 4.78 is 0. The van der Waals surface area contributed by atoms with Crippen molar-refractivity contribution in [3.63, 3.8) is 0 Å². The lowest BCUT2D eigenvalue weighted by molar-refractivity contribution is 0.0545. The summed E-state index contributed by atoms with van der Waals surface area (Å²) in [5.74, 6) is 0. The van der Waals surface area contributed by atoms with E-state index >= 15 is 0 Å². The third kappa shape index (κ3) is 4.15. The smallest absolute Gasteiger partial charge is 0.0585 e. The highest BCUT2D eigenvalue weighted by atomic mass is 16.3. The van der Waals surface area contributed by atoms with Crippen molar-refractivity contribution < 1.29 is 5.11 Å². The number of aliphatic hydroxyl groups excluding tert-OH is 1. The lowest BCUT2D eigenvalue weighted by atomic mass is 10.1. The molecule has 3 unspecified atom stereocenters. The van der Waals surface area contributed by atoms with Crippen LogP contribution in [0.5, 0.6) is 0 Å². The maximum atomic E-state index is 9.43. The highest BCUT2D eigenvalue weighted by Crippen LogP contribution is 2.24. The predicted octanol–water partition coefficient (Wildman–Crippen LogP) is 0.904. The van der Waals surface area contributed by atoms with Crippen molar-refractivity contribution in [1.29, 1.82) is 0 Å². The summed E-state index contributed by atoms with van der Waals surface area (Å²) in [5, 5.41) is 12.9. The molecule has 0 aliphatic carbocycles. The van der Waals surface area contributed by atoms with Gasteiger partial charge in [0.2, 0.25) is 0 Å². The Balaban J connectivity index is 1.78. The Morgan fingerprint density at radius 1 is 1.32 bits per heavy atom. The first-order chi connectivity index (χ1) is 9.10. The van der Waals surface area contributed by atoms with Gasteiger partial charge < -0.3 is 10.4 Å². The fraction of sp³-hybridized carbons (Fsp3) is 1.00. The van der Waals surface area contributed by atoms with Crippen molar-refractivity contribution in [2.45, 2.75) is 64.2 Å². The molecule has 2 aliphatic rings. The highest BCUT2D eigenvalue weighted by Gasteiger charge is 2.34. The van der Waals surface area contributed by atoms with Gasteiger partial charge in [0, 0.05) is 43.8 Å². The fourth-order valence-electron chi connectivity index (χ4n) is 3.58. The maximum Gasteiger partial charge on any atom is 0.0585 e. The average molecular weight is 269 g/mol. The van der Waals surface area contributed by atoms with Crippen LogP contribution in [0.1, 0.15) is 40.0 Å². The summed E-state index contributed by atoms with van der Waals surface area (Å²) in [5.41, 5.74) is 0. The van der Waals surface area contributed by atoms with E-state index in [0.717, 1.165) is 19.0 Å². The normalized spacial score (nSPS) is 30.8. The molecule has 3 atom stereocenters. The standard InChI is InChI=1S/C15H31N3O/c1-12(2)16-14(11-19)6-8-17-10-15-5-4-7-18(15)9-13(17)3/h12-16,19H,4-11H2,1-3H3. The summed E-state index contributed by atoms with van der Waals surface area (Å²) in [7, 11) is 0. The van der Waals surface area contributed by atoms with Gasteiger partial charge in [-0.25, -0.2) is 0 Å². The van der Waals surface area contributed by atoms with Gasteiger partial charge in [0.25, 0.3) is 0 Å². The van der Waals surface area contributed by atoms with Gasteiger partial charge in [0.15, 0.2) is 0 Å². The van der Waals surface area contributed by atoms with E-state index in [9.17, 15) is 5.11 Å². The SMILES string of the molecule is CC(C)NC(CO)CCN1CC2CCCN2CC1C. The van der Waals surface area contributed by atoms with Crippen LogP contribution in [0.25, 0.3) is 0 Å². The summed E-state index contributed by atoms with van der Waals surface area (Å²) in [6.45, 7) is 11.7. The van der Waals surface area contributed by atoms with Crippen LogP contribution in [0.4, 0.5) is 0 Å². The average Bonchev–Trinajstić information content (AvgIpc) is 2.80. The van der Waals surface area contributed by atoms with E-state index in [1.165, 1.54) is 32.5 Å². The molecule has 2 fully saturated rings. The van der Waals surface area contributed by atoms with Gasteiger partial charge >= 0.3 is 0 Å². The third-order valence-electron chi connectivity index (χ3n) is 4.62. The zero-order valence-electron chi connectivity index (χ0n) is 12.8. The lowest BCUT2D eigenvalue weighted by Gasteiger charge is -2.42. The van der Waals surface area contributed by atoms with Crippen LogP contribution in [-0.4, -0.2) is 71.9 Å². The second-order valence-electron chi connectivity index (χ2n) is 6.62.